The van der Waals surface area contributed by atoms with E-state index >= 15 is 0 Å². The maximum absolute atomic E-state index is 12.9. The molecule has 0 bridgehead atoms. The monoisotopic (exact) mass is 421 g/mol. The van der Waals surface area contributed by atoms with Crippen LogP contribution in [0.4, 0.5) is 11.5 Å². The molecule has 0 aliphatic carbocycles. The zero-order valence-electron chi connectivity index (χ0n) is 16.1. The van der Waals surface area contributed by atoms with Gasteiger partial charge in [0, 0.05) is 18.1 Å². The lowest BCUT2D eigenvalue weighted by molar-refractivity contribution is 0.102. The molecule has 4 rings (SSSR count). The summed E-state index contributed by atoms with van der Waals surface area (Å²) in [6, 6.07) is 16.4. The molecule has 3 heterocycles. The highest BCUT2D eigenvalue weighted by molar-refractivity contribution is 7.92. The maximum atomic E-state index is 12.9. The summed E-state index contributed by atoms with van der Waals surface area (Å²) in [5.41, 5.74) is 2.32. The number of sulfonamides is 1. The van der Waals surface area contributed by atoms with Crippen LogP contribution in [0.5, 0.6) is 0 Å². The van der Waals surface area contributed by atoms with E-state index in [2.05, 4.69) is 20.0 Å². The van der Waals surface area contributed by atoms with Crippen molar-refractivity contribution in [2.75, 3.05) is 10.0 Å². The van der Waals surface area contributed by atoms with Crippen LogP contribution in [0.25, 0.3) is 5.65 Å². The van der Waals surface area contributed by atoms with E-state index in [4.69, 9.17) is 0 Å². The minimum absolute atomic E-state index is 0.0650. The van der Waals surface area contributed by atoms with E-state index in [1.807, 2.05) is 25.1 Å². The summed E-state index contributed by atoms with van der Waals surface area (Å²) in [6.07, 6.45) is 3.90. The third-order valence-corrected chi connectivity index (χ3v) is 5.85. The number of fused-ring (bicyclic) bond motifs is 1. The number of anilines is 2. The number of aryl methyl sites for hydroxylation is 1. The van der Waals surface area contributed by atoms with Gasteiger partial charge in [0.1, 0.15) is 17.2 Å². The van der Waals surface area contributed by atoms with Crippen LogP contribution < -0.4 is 10.0 Å². The van der Waals surface area contributed by atoms with Gasteiger partial charge in [-0.2, -0.15) is 0 Å². The highest BCUT2D eigenvalue weighted by Crippen LogP contribution is 2.19. The molecule has 1 aromatic carbocycles. The van der Waals surface area contributed by atoms with E-state index in [1.54, 1.807) is 40.9 Å². The predicted molar refractivity (Wildman–Crippen MR) is 114 cm³/mol. The van der Waals surface area contributed by atoms with E-state index < -0.39 is 10.0 Å². The molecule has 0 unspecified atom stereocenters. The standard InChI is InChI=1S/C21H19N5O3S/c1-2-17-20(26-14-6-4-8-19(26)24-17)21(27)23-15-9-11-16(12-10-15)30(28,29)25-18-7-3-5-13-22-18/h3-14H,2H2,1H3,(H,22,25)(H,23,27). The number of aromatic nitrogens is 3. The van der Waals surface area contributed by atoms with Crippen molar-refractivity contribution in [1.29, 1.82) is 0 Å². The molecule has 2 N–H and O–H groups in total. The third kappa shape index (κ3) is 3.87. The van der Waals surface area contributed by atoms with Crippen molar-refractivity contribution in [3.8, 4) is 0 Å². The Bertz CT molecular complexity index is 1300. The smallest absolute Gasteiger partial charge is 0.274 e. The van der Waals surface area contributed by atoms with E-state index in [9.17, 15) is 13.2 Å². The van der Waals surface area contributed by atoms with Crippen LogP contribution >= 0.6 is 0 Å². The Morgan fingerprint density at radius 3 is 2.50 bits per heavy atom. The molecule has 0 radical (unpaired) electrons. The highest BCUT2D eigenvalue weighted by Gasteiger charge is 2.19. The molecule has 30 heavy (non-hydrogen) atoms. The number of benzene rings is 1. The molecule has 8 nitrogen and oxygen atoms in total. The molecule has 1 amide bonds. The lowest BCUT2D eigenvalue weighted by atomic mass is 10.2. The second kappa shape index (κ2) is 7.96. The third-order valence-electron chi connectivity index (χ3n) is 4.48. The van der Waals surface area contributed by atoms with Crippen molar-refractivity contribution in [2.45, 2.75) is 18.2 Å². The topological polar surface area (TPSA) is 105 Å². The average molecular weight is 421 g/mol. The fraction of sp³-hybridized carbons (Fsp3) is 0.0952. The molecule has 0 fully saturated rings. The van der Waals surface area contributed by atoms with Crippen LogP contribution in [0.1, 0.15) is 23.1 Å². The molecular weight excluding hydrogens is 402 g/mol. The highest BCUT2D eigenvalue weighted by atomic mass is 32.2. The van der Waals surface area contributed by atoms with Crippen molar-refractivity contribution in [2.24, 2.45) is 0 Å². The first-order chi connectivity index (χ1) is 14.5. The normalized spacial score (nSPS) is 11.4. The SMILES string of the molecule is CCc1nc2ccccn2c1C(=O)Nc1ccc(S(=O)(=O)Nc2ccccn2)cc1. The lowest BCUT2D eigenvalue weighted by Crippen LogP contribution is -2.17. The van der Waals surface area contributed by atoms with E-state index in [0.717, 1.165) is 0 Å². The number of amides is 1. The first-order valence-corrected chi connectivity index (χ1v) is 10.8. The van der Waals surface area contributed by atoms with Crippen molar-refractivity contribution in [3.05, 3.63) is 84.4 Å². The summed E-state index contributed by atoms with van der Waals surface area (Å²) in [5, 5.41) is 2.81. The molecule has 0 atom stereocenters. The van der Waals surface area contributed by atoms with Crippen molar-refractivity contribution < 1.29 is 13.2 Å². The Labute approximate surface area is 173 Å². The van der Waals surface area contributed by atoms with Gasteiger partial charge in [-0.1, -0.05) is 19.1 Å². The summed E-state index contributed by atoms with van der Waals surface area (Å²) >= 11 is 0. The van der Waals surface area contributed by atoms with Gasteiger partial charge in [-0.25, -0.2) is 18.4 Å². The van der Waals surface area contributed by atoms with Crippen molar-refractivity contribution in [3.63, 3.8) is 0 Å². The number of imidazole rings is 1. The van der Waals surface area contributed by atoms with Crippen LogP contribution in [-0.2, 0) is 16.4 Å². The largest absolute Gasteiger partial charge is 0.321 e. The fourth-order valence-electron chi connectivity index (χ4n) is 3.06. The van der Waals surface area contributed by atoms with E-state index in [0.29, 0.717) is 29.1 Å². The second-order valence-corrected chi connectivity index (χ2v) is 8.17. The Balaban J connectivity index is 1.55. The Kier molecular flexibility index (Phi) is 5.20. The Hall–Kier alpha value is -3.72. The van der Waals surface area contributed by atoms with Crippen molar-refractivity contribution >= 4 is 33.1 Å². The van der Waals surface area contributed by atoms with Crippen LogP contribution in [0.15, 0.2) is 78.0 Å². The van der Waals surface area contributed by atoms with Gasteiger partial charge in [0.2, 0.25) is 0 Å². The van der Waals surface area contributed by atoms with Crippen LogP contribution in [0.3, 0.4) is 0 Å². The Morgan fingerprint density at radius 2 is 1.80 bits per heavy atom. The van der Waals surface area contributed by atoms with Gasteiger partial charge in [0.05, 0.1) is 10.6 Å². The first kappa shape index (κ1) is 19.6. The number of hydrogen-bond acceptors (Lipinski definition) is 5. The lowest BCUT2D eigenvalue weighted by Gasteiger charge is -2.09. The first-order valence-electron chi connectivity index (χ1n) is 9.29. The quantitative estimate of drug-likeness (QED) is 0.497. The molecule has 4 aromatic rings. The van der Waals surface area contributed by atoms with Crippen molar-refractivity contribution in [1.82, 2.24) is 14.4 Å². The summed E-state index contributed by atoms with van der Waals surface area (Å²) in [7, 11) is -3.78. The molecule has 0 saturated heterocycles. The second-order valence-electron chi connectivity index (χ2n) is 6.49. The number of nitrogens with zero attached hydrogens (tertiary/aromatic N) is 3. The van der Waals surface area contributed by atoms with Gasteiger partial charge in [0.25, 0.3) is 15.9 Å². The number of pyridine rings is 2. The molecule has 0 aliphatic heterocycles. The van der Waals surface area contributed by atoms with E-state index in [-0.39, 0.29) is 16.6 Å². The minimum Gasteiger partial charge on any atom is -0.321 e. The van der Waals surface area contributed by atoms with Gasteiger partial charge >= 0.3 is 0 Å². The van der Waals surface area contributed by atoms with Gasteiger partial charge < -0.3 is 5.32 Å². The molecule has 0 aliphatic rings. The number of hydrogen-bond donors (Lipinski definition) is 2. The van der Waals surface area contributed by atoms with Gasteiger partial charge in [-0.15, -0.1) is 0 Å². The zero-order valence-corrected chi connectivity index (χ0v) is 16.9. The summed E-state index contributed by atoms with van der Waals surface area (Å²) in [5.74, 6) is -0.0812. The molecule has 152 valence electrons. The van der Waals surface area contributed by atoms with Crippen LogP contribution in [-0.4, -0.2) is 28.7 Å². The number of rotatable bonds is 6. The Morgan fingerprint density at radius 1 is 1.03 bits per heavy atom. The van der Waals surface area contributed by atoms with Crippen LogP contribution in [0, 0.1) is 0 Å². The van der Waals surface area contributed by atoms with Gasteiger partial charge in [-0.3, -0.25) is 13.9 Å². The summed E-state index contributed by atoms with van der Waals surface area (Å²) in [6.45, 7) is 1.94. The van der Waals surface area contributed by atoms with Gasteiger partial charge in [-0.05, 0) is 55.0 Å². The fourth-order valence-corrected chi connectivity index (χ4v) is 4.07. The summed E-state index contributed by atoms with van der Waals surface area (Å²) < 4.78 is 29.2. The zero-order chi connectivity index (χ0) is 21.1. The van der Waals surface area contributed by atoms with Gasteiger partial charge in [0.15, 0.2) is 0 Å². The minimum atomic E-state index is -3.78. The van der Waals surface area contributed by atoms with E-state index in [1.165, 1.54) is 18.3 Å². The molecule has 9 heteroatoms. The number of carbonyl (C=O) groups excluding carboxylic acids is 1. The number of carbonyl (C=O) groups is 1. The summed E-state index contributed by atoms with van der Waals surface area (Å²) in [4.78, 5) is 21.4. The number of nitrogens with one attached hydrogen (secondary N) is 2. The average Bonchev–Trinajstić information content (AvgIpc) is 3.13. The molecule has 0 spiro atoms. The van der Waals surface area contributed by atoms with Crippen LogP contribution in [0.2, 0.25) is 0 Å². The molecule has 3 aromatic heterocycles. The molecule has 0 saturated carbocycles. The predicted octanol–water partition coefficient (Wildman–Crippen LogP) is 3.34. The molecular formula is C21H19N5O3S. The maximum Gasteiger partial charge on any atom is 0.274 e.